The van der Waals surface area contributed by atoms with E-state index in [1.54, 1.807) is 27.7 Å². The first-order valence-electron chi connectivity index (χ1n) is 8.44. The molecular weight excluding hydrogens is 322 g/mol. The number of nitrogens with one attached hydrogen (secondary N) is 1. The topological polar surface area (TPSA) is 64.6 Å². The van der Waals surface area contributed by atoms with Crippen LogP contribution in [0.25, 0.3) is 0 Å². The molecule has 0 fully saturated rings. The van der Waals surface area contributed by atoms with Crippen LogP contribution < -0.4 is 5.32 Å². The first-order chi connectivity index (χ1) is 10.6. The molecule has 0 aliphatic carbocycles. The molecule has 0 aliphatic rings. The van der Waals surface area contributed by atoms with Gasteiger partial charge in [0.15, 0.2) is 0 Å². The summed E-state index contributed by atoms with van der Waals surface area (Å²) in [5.41, 5.74) is -0.861. The van der Waals surface area contributed by atoms with Crippen molar-refractivity contribution >= 4 is 20.1 Å². The highest BCUT2D eigenvalue weighted by atomic mass is 28.3. The van der Waals surface area contributed by atoms with Gasteiger partial charge in [-0.05, 0) is 39.7 Å². The van der Waals surface area contributed by atoms with Gasteiger partial charge in [-0.3, -0.25) is 0 Å². The van der Waals surface area contributed by atoms with Gasteiger partial charge >= 0.3 is 12.1 Å². The summed E-state index contributed by atoms with van der Waals surface area (Å²) in [4.78, 5) is 24.2. The van der Waals surface area contributed by atoms with Crippen LogP contribution in [0.1, 0.15) is 55.4 Å². The zero-order valence-corrected chi connectivity index (χ0v) is 17.9. The number of amides is 1. The first kappa shape index (κ1) is 22.7. The monoisotopic (exact) mass is 357 g/mol. The maximum absolute atomic E-state index is 12.4. The zero-order chi connectivity index (χ0) is 19.3. The number of esters is 1. The molecule has 0 aromatic rings. The highest BCUT2D eigenvalue weighted by Crippen LogP contribution is 2.39. The minimum Gasteiger partial charge on any atom is -0.461 e. The molecule has 0 aliphatic heterocycles. The molecular formula is C18H35NO4Si. The average molecular weight is 358 g/mol. The second-order valence-corrected chi connectivity index (χ2v) is 14.2. The largest absolute Gasteiger partial charge is 0.461 e. The lowest BCUT2D eigenvalue weighted by Gasteiger charge is -2.41. The second kappa shape index (κ2) is 8.19. The van der Waals surface area contributed by atoms with Crippen LogP contribution in [-0.4, -0.2) is 37.5 Å². The van der Waals surface area contributed by atoms with Crippen molar-refractivity contribution in [1.82, 2.24) is 5.32 Å². The second-order valence-electron chi connectivity index (χ2n) is 8.72. The van der Waals surface area contributed by atoms with E-state index in [1.165, 1.54) is 0 Å². The molecule has 0 bridgehead atoms. The highest BCUT2D eigenvalue weighted by molar-refractivity contribution is 6.81. The van der Waals surface area contributed by atoms with Crippen LogP contribution in [0.15, 0.2) is 12.2 Å². The third kappa shape index (κ3) is 7.07. The average Bonchev–Trinajstić information content (AvgIpc) is 2.33. The molecule has 0 aromatic heterocycles. The van der Waals surface area contributed by atoms with Gasteiger partial charge in [-0.25, -0.2) is 9.59 Å². The summed E-state index contributed by atoms with van der Waals surface area (Å²) < 4.78 is 10.9. The molecule has 0 heterocycles. The predicted molar refractivity (Wildman–Crippen MR) is 101 cm³/mol. The summed E-state index contributed by atoms with van der Waals surface area (Å²) in [6.45, 7) is 19.8. The lowest BCUT2D eigenvalue weighted by atomic mass is 10.2. The molecule has 0 unspecified atom stereocenters. The molecule has 0 saturated carbocycles. The van der Waals surface area contributed by atoms with E-state index < -0.39 is 31.8 Å². The number of alkyl carbamates (subject to hydrolysis) is 1. The molecule has 0 aromatic carbocycles. The Labute approximate surface area is 148 Å². The Morgan fingerprint density at radius 2 is 1.58 bits per heavy atom. The molecule has 0 spiro atoms. The Morgan fingerprint density at radius 3 is 1.96 bits per heavy atom. The Kier molecular flexibility index (Phi) is 7.74. The van der Waals surface area contributed by atoms with Gasteiger partial charge in [0.1, 0.15) is 25.4 Å². The SMILES string of the molecule is C/C=C\[C@@H](OC(=O)[C@H](C)NC(=O)OC(C)(C)C)[Si](C)(C)C(C)(C)C. The van der Waals surface area contributed by atoms with E-state index in [0.717, 1.165) is 0 Å². The molecule has 0 radical (unpaired) electrons. The van der Waals surface area contributed by atoms with Gasteiger partial charge in [-0.1, -0.05) is 46.0 Å². The summed E-state index contributed by atoms with van der Waals surface area (Å²) in [5.74, 6) is -0.450. The van der Waals surface area contributed by atoms with Crippen LogP contribution in [0, 0.1) is 0 Å². The van der Waals surface area contributed by atoms with Gasteiger partial charge in [0.05, 0.1) is 0 Å². The van der Waals surface area contributed by atoms with Crippen molar-refractivity contribution in [2.24, 2.45) is 0 Å². The zero-order valence-electron chi connectivity index (χ0n) is 16.9. The number of allylic oxidation sites excluding steroid dienone is 1. The van der Waals surface area contributed by atoms with Crippen LogP contribution in [-0.2, 0) is 14.3 Å². The van der Waals surface area contributed by atoms with Crippen molar-refractivity contribution in [2.75, 3.05) is 0 Å². The van der Waals surface area contributed by atoms with Gasteiger partial charge in [-0.2, -0.15) is 0 Å². The summed E-state index contributed by atoms with van der Waals surface area (Å²) in [7, 11) is -1.92. The Balaban J connectivity index is 5.00. The number of carbonyl (C=O) groups is 2. The molecule has 6 heteroatoms. The third-order valence-electron chi connectivity index (χ3n) is 4.34. The fraction of sp³-hybridized carbons (Fsp3) is 0.778. The molecule has 0 saturated heterocycles. The standard InChI is InChI=1S/C18H35NO4Si/c1-11-12-14(24(9,10)18(6,7)8)22-15(20)13(2)19-16(21)23-17(3,4)5/h11-14H,1-10H3,(H,19,21)/b12-11-/t13-,14-/m0/s1. The highest BCUT2D eigenvalue weighted by Gasteiger charge is 2.43. The summed E-state index contributed by atoms with van der Waals surface area (Å²) in [6.07, 6.45) is 3.22. The van der Waals surface area contributed by atoms with Gasteiger partial charge in [-0.15, -0.1) is 0 Å². The van der Waals surface area contributed by atoms with Crippen molar-refractivity contribution in [3.63, 3.8) is 0 Å². The number of hydrogen-bond acceptors (Lipinski definition) is 4. The van der Waals surface area contributed by atoms with Gasteiger partial charge in [0.25, 0.3) is 0 Å². The number of carbonyl (C=O) groups excluding carboxylic acids is 2. The van der Waals surface area contributed by atoms with E-state index in [2.05, 4.69) is 39.2 Å². The number of rotatable bonds is 5. The van der Waals surface area contributed by atoms with Gasteiger partial charge < -0.3 is 14.8 Å². The minimum absolute atomic E-state index is 0.0687. The lowest BCUT2D eigenvalue weighted by molar-refractivity contribution is -0.146. The summed E-state index contributed by atoms with van der Waals surface area (Å²) in [6, 6.07) is -0.766. The fourth-order valence-corrected chi connectivity index (χ4v) is 3.74. The molecule has 5 nitrogen and oxygen atoms in total. The maximum atomic E-state index is 12.4. The lowest BCUT2D eigenvalue weighted by Crippen LogP contribution is -2.52. The Hall–Kier alpha value is -1.30. The van der Waals surface area contributed by atoms with E-state index >= 15 is 0 Å². The quantitative estimate of drug-likeness (QED) is 0.449. The molecule has 1 amide bonds. The first-order valence-corrected chi connectivity index (χ1v) is 11.5. The van der Waals surface area contributed by atoms with Crippen LogP contribution in [0.4, 0.5) is 4.79 Å². The van der Waals surface area contributed by atoms with Gasteiger partial charge in [0.2, 0.25) is 0 Å². The van der Waals surface area contributed by atoms with Crippen molar-refractivity contribution in [3.05, 3.63) is 12.2 Å². The van der Waals surface area contributed by atoms with Crippen LogP contribution in [0.5, 0.6) is 0 Å². The summed E-state index contributed by atoms with van der Waals surface area (Å²) in [5, 5.41) is 2.60. The Bertz CT molecular complexity index is 472. The van der Waals surface area contributed by atoms with Gasteiger partial charge in [0, 0.05) is 0 Å². The molecule has 2 atom stereocenters. The fourth-order valence-electron chi connectivity index (χ4n) is 1.80. The predicted octanol–water partition coefficient (Wildman–Crippen LogP) is 4.44. The van der Waals surface area contributed by atoms with E-state index in [-0.39, 0.29) is 10.8 Å². The maximum Gasteiger partial charge on any atom is 0.408 e. The van der Waals surface area contributed by atoms with E-state index in [0.29, 0.717) is 0 Å². The molecule has 1 N–H and O–H groups in total. The number of ether oxygens (including phenoxy) is 2. The van der Waals surface area contributed by atoms with Crippen molar-refractivity contribution in [1.29, 1.82) is 0 Å². The Morgan fingerprint density at radius 1 is 1.08 bits per heavy atom. The van der Waals surface area contributed by atoms with Crippen molar-refractivity contribution < 1.29 is 19.1 Å². The molecule has 24 heavy (non-hydrogen) atoms. The normalized spacial score (nSPS) is 15.8. The van der Waals surface area contributed by atoms with E-state index in [9.17, 15) is 9.59 Å². The van der Waals surface area contributed by atoms with E-state index in [1.807, 2.05) is 19.1 Å². The minimum atomic E-state index is -1.92. The summed E-state index contributed by atoms with van der Waals surface area (Å²) >= 11 is 0. The molecule has 140 valence electrons. The van der Waals surface area contributed by atoms with Crippen LogP contribution in [0.3, 0.4) is 0 Å². The number of hydrogen-bond donors (Lipinski definition) is 1. The van der Waals surface area contributed by atoms with Crippen molar-refractivity contribution in [3.8, 4) is 0 Å². The van der Waals surface area contributed by atoms with E-state index in [4.69, 9.17) is 9.47 Å². The smallest absolute Gasteiger partial charge is 0.408 e. The molecule has 0 rings (SSSR count). The van der Waals surface area contributed by atoms with Crippen LogP contribution in [0.2, 0.25) is 18.1 Å². The van der Waals surface area contributed by atoms with Crippen LogP contribution >= 0.6 is 0 Å². The third-order valence-corrected chi connectivity index (χ3v) is 9.94. The van der Waals surface area contributed by atoms with Crippen molar-refractivity contribution in [2.45, 2.75) is 90.9 Å².